The summed E-state index contributed by atoms with van der Waals surface area (Å²) < 4.78 is 38.9. The van der Waals surface area contributed by atoms with Gasteiger partial charge in [0.05, 0.1) is 10.6 Å². The molecule has 25 heavy (non-hydrogen) atoms. The SMILES string of the molecule is O=C(Cn1cccc(C(F)(F)F)c1=O)Nc1nc2c(s1)C(=O)CCC2. The maximum Gasteiger partial charge on any atom is 0.421 e. The number of pyridine rings is 1. The fourth-order valence-electron chi connectivity index (χ4n) is 2.51. The molecule has 0 aromatic carbocycles. The molecule has 0 aliphatic heterocycles. The quantitative estimate of drug-likeness (QED) is 0.899. The summed E-state index contributed by atoms with van der Waals surface area (Å²) in [5.74, 6) is -0.728. The van der Waals surface area contributed by atoms with E-state index in [0.717, 1.165) is 23.6 Å². The smallest absolute Gasteiger partial charge is 0.306 e. The van der Waals surface area contributed by atoms with Crippen LogP contribution < -0.4 is 10.9 Å². The number of ketones is 1. The van der Waals surface area contributed by atoms with E-state index in [1.165, 1.54) is 0 Å². The lowest BCUT2D eigenvalue weighted by Gasteiger charge is -2.09. The van der Waals surface area contributed by atoms with Crippen LogP contribution in [0.2, 0.25) is 0 Å². The van der Waals surface area contributed by atoms with E-state index in [-0.39, 0.29) is 10.9 Å². The number of nitrogens with one attached hydrogen (secondary N) is 1. The van der Waals surface area contributed by atoms with Crippen molar-refractivity contribution in [2.45, 2.75) is 32.0 Å². The number of thiazole rings is 1. The molecule has 1 aliphatic rings. The molecule has 2 aromatic heterocycles. The van der Waals surface area contributed by atoms with Crippen molar-refractivity contribution in [3.63, 3.8) is 0 Å². The predicted octanol–water partition coefficient (Wildman–Crippen LogP) is 2.48. The zero-order valence-corrected chi connectivity index (χ0v) is 13.5. The number of aromatic nitrogens is 2. The number of halogens is 3. The van der Waals surface area contributed by atoms with Gasteiger partial charge < -0.3 is 9.88 Å². The number of amides is 1. The predicted molar refractivity (Wildman–Crippen MR) is 83.7 cm³/mol. The first-order chi connectivity index (χ1) is 11.8. The molecule has 2 aromatic rings. The molecule has 0 bridgehead atoms. The van der Waals surface area contributed by atoms with Crippen molar-refractivity contribution in [1.29, 1.82) is 0 Å². The first-order valence-electron chi connectivity index (χ1n) is 7.35. The number of anilines is 1. The molecule has 1 aliphatic carbocycles. The summed E-state index contributed by atoms with van der Waals surface area (Å²) in [6.07, 6.45) is -1.91. The first-order valence-corrected chi connectivity index (χ1v) is 8.17. The minimum atomic E-state index is -4.79. The number of carbonyl (C=O) groups excluding carboxylic acids is 2. The number of hydrogen-bond donors (Lipinski definition) is 1. The minimum absolute atomic E-state index is 0.0339. The molecule has 3 rings (SSSR count). The molecule has 6 nitrogen and oxygen atoms in total. The normalized spacial score (nSPS) is 14.3. The Morgan fingerprint density at radius 2 is 2.08 bits per heavy atom. The van der Waals surface area contributed by atoms with E-state index in [0.29, 0.717) is 40.5 Å². The number of carbonyl (C=O) groups is 2. The Kier molecular flexibility index (Phi) is 4.46. The molecular weight excluding hydrogens is 359 g/mol. The van der Waals surface area contributed by atoms with E-state index >= 15 is 0 Å². The Morgan fingerprint density at radius 3 is 2.76 bits per heavy atom. The van der Waals surface area contributed by atoms with E-state index in [1.54, 1.807) is 0 Å². The molecule has 0 fully saturated rings. The van der Waals surface area contributed by atoms with Crippen LogP contribution in [0.5, 0.6) is 0 Å². The zero-order chi connectivity index (χ0) is 18.2. The highest BCUT2D eigenvalue weighted by atomic mass is 32.1. The van der Waals surface area contributed by atoms with Crippen LogP contribution in [0.4, 0.5) is 18.3 Å². The Morgan fingerprint density at radius 1 is 1.32 bits per heavy atom. The summed E-state index contributed by atoms with van der Waals surface area (Å²) >= 11 is 1.03. The molecule has 0 spiro atoms. The van der Waals surface area contributed by atoms with Crippen molar-refractivity contribution >= 4 is 28.2 Å². The van der Waals surface area contributed by atoms with Crippen LogP contribution in [-0.2, 0) is 23.9 Å². The number of alkyl halides is 3. The highest BCUT2D eigenvalue weighted by molar-refractivity contribution is 7.17. The average molecular weight is 371 g/mol. The third-order valence-corrected chi connectivity index (χ3v) is 4.71. The van der Waals surface area contributed by atoms with Crippen molar-refractivity contribution in [2.24, 2.45) is 0 Å². The second kappa shape index (κ2) is 6.43. The molecular formula is C15H12F3N3O3S. The summed E-state index contributed by atoms with van der Waals surface area (Å²) in [4.78, 5) is 40.2. The van der Waals surface area contributed by atoms with E-state index in [1.807, 2.05) is 0 Å². The van der Waals surface area contributed by atoms with Crippen molar-refractivity contribution in [3.05, 3.63) is 44.8 Å². The van der Waals surface area contributed by atoms with Crippen LogP contribution in [0.15, 0.2) is 23.1 Å². The van der Waals surface area contributed by atoms with Gasteiger partial charge in [0.2, 0.25) is 5.91 Å². The lowest BCUT2D eigenvalue weighted by Crippen LogP contribution is -2.31. The number of nitrogens with zero attached hydrogens (tertiary/aromatic N) is 2. The molecule has 10 heteroatoms. The second-order valence-electron chi connectivity index (χ2n) is 5.47. The maximum absolute atomic E-state index is 12.7. The molecule has 132 valence electrons. The molecule has 0 radical (unpaired) electrons. The van der Waals surface area contributed by atoms with Gasteiger partial charge in [0.15, 0.2) is 10.9 Å². The summed E-state index contributed by atoms with van der Waals surface area (Å²) in [7, 11) is 0. The van der Waals surface area contributed by atoms with Crippen LogP contribution in [0.3, 0.4) is 0 Å². The van der Waals surface area contributed by atoms with Gasteiger partial charge in [-0.15, -0.1) is 0 Å². The monoisotopic (exact) mass is 371 g/mol. The fourth-order valence-corrected chi connectivity index (χ4v) is 3.51. The number of hydrogen-bond acceptors (Lipinski definition) is 5. The van der Waals surface area contributed by atoms with Crippen LogP contribution in [0, 0.1) is 0 Å². The summed E-state index contributed by atoms with van der Waals surface area (Å²) in [6, 6.07) is 1.72. The van der Waals surface area contributed by atoms with Crippen LogP contribution in [0.25, 0.3) is 0 Å². The van der Waals surface area contributed by atoms with Gasteiger partial charge in [0.1, 0.15) is 12.1 Å². The van der Waals surface area contributed by atoms with Gasteiger partial charge in [0.25, 0.3) is 5.56 Å². The Hall–Kier alpha value is -2.49. The number of rotatable bonds is 3. The van der Waals surface area contributed by atoms with E-state index in [9.17, 15) is 27.6 Å². The van der Waals surface area contributed by atoms with Gasteiger partial charge in [-0.2, -0.15) is 13.2 Å². The van der Waals surface area contributed by atoms with Gasteiger partial charge in [-0.1, -0.05) is 11.3 Å². The highest BCUT2D eigenvalue weighted by Crippen LogP contribution is 2.29. The largest absolute Gasteiger partial charge is 0.421 e. The van der Waals surface area contributed by atoms with Crippen LogP contribution >= 0.6 is 11.3 Å². The summed E-state index contributed by atoms with van der Waals surface area (Å²) in [5, 5.41) is 2.63. The lowest BCUT2D eigenvalue weighted by molar-refractivity contribution is -0.139. The zero-order valence-electron chi connectivity index (χ0n) is 12.7. The molecule has 0 unspecified atom stereocenters. The van der Waals surface area contributed by atoms with Crippen molar-refractivity contribution in [1.82, 2.24) is 9.55 Å². The molecule has 0 saturated heterocycles. The number of Topliss-reactive ketones (excluding diaryl/α,β-unsaturated/α-hetero) is 1. The summed E-state index contributed by atoms with van der Waals surface area (Å²) in [6.45, 7) is -0.582. The third kappa shape index (κ3) is 3.63. The molecule has 1 amide bonds. The average Bonchev–Trinajstić information content (AvgIpc) is 2.92. The lowest BCUT2D eigenvalue weighted by atomic mass is 10.0. The molecule has 2 heterocycles. The Bertz CT molecular complexity index is 901. The van der Waals surface area contributed by atoms with Crippen LogP contribution in [0.1, 0.15) is 33.8 Å². The van der Waals surface area contributed by atoms with Crippen LogP contribution in [-0.4, -0.2) is 21.2 Å². The second-order valence-corrected chi connectivity index (χ2v) is 6.47. The van der Waals surface area contributed by atoms with Crippen molar-refractivity contribution < 1.29 is 22.8 Å². The molecule has 0 saturated carbocycles. The van der Waals surface area contributed by atoms with E-state index in [2.05, 4.69) is 10.3 Å². The standard InChI is InChI=1S/C15H12F3N3O3S/c16-15(17,18)8-3-2-6-21(13(8)24)7-11(23)20-14-19-9-4-1-5-10(22)12(9)25-14/h2-3,6H,1,4-5,7H2,(H,19,20,23). The van der Waals surface area contributed by atoms with E-state index < -0.39 is 29.8 Å². The first kappa shape index (κ1) is 17.3. The minimum Gasteiger partial charge on any atom is -0.306 e. The topological polar surface area (TPSA) is 81.1 Å². The Labute approximate surface area is 143 Å². The summed E-state index contributed by atoms with van der Waals surface area (Å²) in [5.41, 5.74) is -2.01. The maximum atomic E-state index is 12.7. The fraction of sp³-hybridized carbons (Fsp3) is 0.333. The molecule has 0 atom stereocenters. The van der Waals surface area contributed by atoms with Gasteiger partial charge >= 0.3 is 6.18 Å². The number of fused-ring (bicyclic) bond motifs is 1. The van der Waals surface area contributed by atoms with E-state index in [4.69, 9.17) is 0 Å². The van der Waals surface area contributed by atoms with Crippen molar-refractivity contribution in [3.8, 4) is 0 Å². The highest BCUT2D eigenvalue weighted by Gasteiger charge is 2.34. The van der Waals surface area contributed by atoms with Gasteiger partial charge in [-0.3, -0.25) is 14.4 Å². The van der Waals surface area contributed by atoms with Gasteiger partial charge in [-0.25, -0.2) is 4.98 Å². The third-order valence-electron chi connectivity index (χ3n) is 3.65. The van der Waals surface area contributed by atoms with Gasteiger partial charge in [0, 0.05) is 12.6 Å². The molecule has 1 N–H and O–H groups in total. The Balaban J connectivity index is 1.76. The van der Waals surface area contributed by atoms with Gasteiger partial charge in [-0.05, 0) is 25.0 Å². The van der Waals surface area contributed by atoms with Crippen molar-refractivity contribution in [2.75, 3.05) is 5.32 Å². The number of aryl methyl sites for hydroxylation is 1.